The number of primary amides is 1. The summed E-state index contributed by atoms with van der Waals surface area (Å²) >= 11 is 1.53. The quantitative estimate of drug-likeness (QED) is 0.781. The maximum absolute atomic E-state index is 12.3. The predicted molar refractivity (Wildman–Crippen MR) is 87.1 cm³/mol. The van der Waals surface area contributed by atoms with Crippen LogP contribution in [0, 0.1) is 0 Å². The summed E-state index contributed by atoms with van der Waals surface area (Å²) in [5.41, 5.74) is 7.32. The molecule has 3 amide bonds. The van der Waals surface area contributed by atoms with Crippen LogP contribution in [-0.4, -0.2) is 39.8 Å². The third-order valence-corrected chi connectivity index (χ3v) is 5.34. The Balaban J connectivity index is 1.67. The van der Waals surface area contributed by atoms with E-state index in [1.165, 1.54) is 16.7 Å². The van der Waals surface area contributed by atoms with Crippen molar-refractivity contribution in [2.24, 2.45) is 5.73 Å². The first kappa shape index (κ1) is 15.6. The van der Waals surface area contributed by atoms with Crippen molar-refractivity contribution in [3.05, 3.63) is 47.2 Å². The Morgan fingerprint density at radius 2 is 2.04 bits per heavy atom. The molecule has 0 spiro atoms. The lowest BCUT2D eigenvalue weighted by Gasteiger charge is -2.49. The van der Waals surface area contributed by atoms with Crippen molar-refractivity contribution in [2.45, 2.75) is 24.8 Å². The van der Waals surface area contributed by atoms with Crippen molar-refractivity contribution in [2.75, 3.05) is 5.75 Å². The van der Waals surface area contributed by atoms with Crippen LogP contribution in [0.25, 0.3) is 0 Å². The molecule has 2 aliphatic rings. The molecule has 6 nitrogen and oxygen atoms in total. The highest BCUT2D eigenvalue weighted by Gasteiger charge is 2.53. The number of fused-ring (bicyclic) bond motifs is 1. The fourth-order valence-electron chi connectivity index (χ4n) is 2.82. The van der Waals surface area contributed by atoms with Crippen LogP contribution in [0.15, 0.2) is 41.6 Å². The third-order valence-electron chi connectivity index (χ3n) is 3.92. The number of hydrogen-bond donors (Lipinski definition) is 2. The van der Waals surface area contributed by atoms with Gasteiger partial charge in [0.05, 0.1) is 6.42 Å². The standard InChI is InChI=1S/C16H17N3O3S/c1-9-8-23-16-12(15(22)19(16)13(9)14(17)21)18-11(20)7-10-5-3-2-4-6-10/h2-6,12,16H,7-8H2,1H3,(H2,17,21)(H,18,20)/t12-,16+/m1/s1. The lowest BCUT2D eigenvalue weighted by molar-refractivity contribution is -0.147. The molecular formula is C16H17N3O3S. The van der Waals surface area contributed by atoms with Gasteiger partial charge in [-0.15, -0.1) is 11.8 Å². The summed E-state index contributed by atoms with van der Waals surface area (Å²) in [5.74, 6) is -0.466. The van der Waals surface area contributed by atoms with E-state index in [2.05, 4.69) is 5.32 Å². The van der Waals surface area contributed by atoms with Crippen LogP contribution < -0.4 is 11.1 Å². The molecule has 2 atom stereocenters. The molecule has 3 N–H and O–H groups in total. The molecular weight excluding hydrogens is 314 g/mol. The van der Waals surface area contributed by atoms with Crippen molar-refractivity contribution < 1.29 is 14.4 Å². The van der Waals surface area contributed by atoms with Gasteiger partial charge in [0, 0.05) is 5.75 Å². The number of carbonyl (C=O) groups excluding carboxylic acids is 3. The highest BCUT2D eigenvalue weighted by molar-refractivity contribution is 8.00. The summed E-state index contributed by atoms with van der Waals surface area (Å²) in [5, 5.41) is 2.51. The second-order valence-corrected chi connectivity index (χ2v) is 6.72. The molecule has 7 heteroatoms. The van der Waals surface area contributed by atoms with Crippen molar-refractivity contribution in [3.8, 4) is 0 Å². The number of thioether (sulfide) groups is 1. The molecule has 0 unspecified atom stereocenters. The number of β-lactam (4-membered cyclic amide) rings is 1. The van der Waals surface area contributed by atoms with Gasteiger partial charge in [0.2, 0.25) is 5.91 Å². The van der Waals surface area contributed by atoms with E-state index in [0.29, 0.717) is 5.75 Å². The van der Waals surface area contributed by atoms with Gasteiger partial charge >= 0.3 is 0 Å². The molecule has 0 aliphatic carbocycles. The number of nitrogens with two attached hydrogens (primary N) is 1. The first-order chi connectivity index (χ1) is 11.0. The smallest absolute Gasteiger partial charge is 0.265 e. The fourth-order valence-corrected chi connectivity index (χ4v) is 4.12. The number of carbonyl (C=O) groups is 3. The van der Waals surface area contributed by atoms with E-state index in [1.807, 2.05) is 30.3 Å². The van der Waals surface area contributed by atoms with Gasteiger partial charge in [-0.2, -0.15) is 0 Å². The number of amides is 3. The molecule has 0 bridgehead atoms. The van der Waals surface area contributed by atoms with Crippen LogP contribution >= 0.6 is 11.8 Å². The first-order valence-corrected chi connectivity index (χ1v) is 8.31. The Hall–Kier alpha value is -2.28. The van der Waals surface area contributed by atoms with Crippen molar-refractivity contribution in [3.63, 3.8) is 0 Å². The zero-order valence-electron chi connectivity index (χ0n) is 12.6. The maximum atomic E-state index is 12.3. The SMILES string of the molecule is CC1=C(C(N)=O)N2C(=O)[C@@H](NC(=O)Cc3ccccc3)[C@@H]2SC1. The van der Waals surface area contributed by atoms with Crippen molar-refractivity contribution in [1.82, 2.24) is 10.2 Å². The minimum Gasteiger partial charge on any atom is -0.364 e. The number of hydrogen-bond acceptors (Lipinski definition) is 4. The topological polar surface area (TPSA) is 92.5 Å². The van der Waals surface area contributed by atoms with Gasteiger partial charge in [-0.3, -0.25) is 19.3 Å². The number of nitrogens with zero attached hydrogens (tertiary/aromatic N) is 1. The molecule has 0 aromatic heterocycles. The number of rotatable bonds is 4. The molecule has 23 heavy (non-hydrogen) atoms. The highest BCUT2D eigenvalue weighted by Crippen LogP contribution is 2.39. The van der Waals surface area contributed by atoms with Crippen LogP contribution in [0.4, 0.5) is 0 Å². The van der Waals surface area contributed by atoms with Gasteiger partial charge in [0.15, 0.2) is 0 Å². The lowest BCUT2D eigenvalue weighted by atomic mass is 10.0. The van der Waals surface area contributed by atoms with E-state index in [-0.39, 0.29) is 29.3 Å². The van der Waals surface area contributed by atoms with Crippen LogP contribution in [0.5, 0.6) is 0 Å². The summed E-state index contributed by atoms with van der Waals surface area (Å²) in [6, 6.07) is 8.74. The summed E-state index contributed by atoms with van der Waals surface area (Å²) in [6.45, 7) is 1.79. The summed E-state index contributed by atoms with van der Waals surface area (Å²) in [4.78, 5) is 37.4. The van der Waals surface area contributed by atoms with E-state index in [4.69, 9.17) is 5.73 Å². The van der Waals surface area contributed by atoms with Gasteiger partial charge in [0.1, 0.15) is 17.1 Å². The Kier molecular flexibility index (Phi) is 4.12. The summed E-state index contributed by atoms with van der Waals surface area (Å²) < 4.78 is 0. The van der Waals surface area contributed by atoms with Gasteiger partial charge in [-0.1, -0.05) is 30.3 Å². The highest BCUT2D eigenvalue weighted by atomic mass is 32.2. The fraction of sp³-hybridized carbons (Fsp3) is 0.312. The molecule has 1 aromatic carbocycles. The van der Waals surface area contributed by atoms with Gasteiger partial charge in [-0.05, 0) is 18.1 Å². The molecule has 120 valence electrons. The molecule has 3 rings (SSSR count). The van der Waals surface area contributed by atoms with Gasteiger partial charge in [-0.25, -0.2) is 0 Å². The van der Waals surface area contributed by atoms with Crippen LogP contribution in [0.1, 0.15) is 12.5 Å². The molecule has 0 radical (unpaired) electrons. The van der Waals surface area contributed by atoms with E-state index in [0.717, 1.165) is 11.1 Å². The Labute approximate surface area is 138 Å². The molecule has 2 heterocycles. The average Bonchev–Trinajstić information content (AvgIpc) is 2.53. The summed E-state index contributed by atoms with van der Waals surface area (Å²) in [6.07, 6.45) is 0.222. The van der Waals surface area contributed by atoms with E-state index in [1.54, 1.807) is 6.92 Å². The molecule has 1 fully saturated rings. The van der Waals surface area contributed by atoms with Crippen LogP contribution in [0.3, 0.4) is 0 Å². The van der Waals surface area contributed by atoms with Gasteiger partial charge < -0.3 is 11.1 Å². The zero-order chi connectivity index (χ0) is 16.6. The maximum Gasteiger partial charge on any atom is 0.265 e. The average molecular weight is 331 g/mol. The van der Waals surface area contributed by atoms with E-state index in [9.17, 15) is 14.4 Å². The van der Waals surface area contributed by atoms with Gasteiger partial charge in [0.25, 0.3) is 11.8 Å². The third kappa shape index (κ3) is 2.84. The first-order valence-electron chi connectivity index (χ1n) is 7.26. The molecule has 1 saturated heterocycles. The number of nitrogens with one attached hydrogen (secondary N) is 1. The zero-order valence-corrected chi connectivity index (χ0v) is 13.4. The summed E-state index contributed by atoms with van der Waals surface area (Å²) in [7, 11) is 0. The molecule has 2 aliphatic heterocycles. The monoisotopic (exact) mass is 331 g/mol. The Morgan fingerprint density at radius 3 is 2.70 bits per heavy atom. The molecule has 0 saturated carbocycles. The number of benzene rings is 1. The molecule has 1 aromatic rings. The second-order valence-electron chi connectivity index (χ2n) is 5.61. The van der Waals surface area contributed by atoms with E-state index < -0.39 is 11.9 Å². The van der Waals surface area contributed by atoms with Crippen molar-refractivity contribution >= 4 is 29.5 Å². The van der Waals surface area contributed by atoms with Crippen molar-refractivity contribution in [1.29, 1.82) is 0 Å². The second kappa shape index (κ2) is 6.08. The minimum absolute atomic E-state index is 0.207. The normalized spacial score (nSPS) is 23.2. The predicted octanol–water partition coefficient (Wildman–Crippen LogP) is 0.388. The largest absolute Gasteiger partial charge is 0.364 e. The van der Waals surface area contributed by atoms with Crippen LogP contribution in [-0.2, 0) is 20.8 Å². The lowest BCUT2D eigenvalue weighted by Crippen LogP contribution is -2.70. The minimum atomic E-state index is -0.602. The Bertz CT molecular complexity index is 702. The Morgan fingerprint density at radius 1 is 1.35 bits per heavy atom. The van der Waals surface area contributed by atoms with Crippen LogP contribution in [0.2, 0.25) is 0 Å². The van der Waals surface area contributed by atoms with E-state index >= 15 is 0 Å².